The van der Waals surface area contributed by atoms with Crippen LogP contribution in [0.5, 0.6) is 5.75 Å². The first kappa shape index (κ1) is 25.0. The molecule has 35 heavy (non-hydrogen) atoms. The predicted octanol–water partition coefficient (Wildman–Crippen LogP) is 6.66. The standard InChI is InChI=1S/C25H20ClNO3.C4H10O/c1-13-3-4-16-19(24(13)26)11-14(2)18(12-21(28)29)23(16)17-5-6-20-22-15(8-10-30-20)7-9-27-25(17)22;1-4(2,3)5/h3-7,9,11H,8,10,12H2,1-2H3,(H,28,29);5H,1-3H3. The lowest BCUT2D eigenvalue weighted by Gasteiger charge is -2.22. The van der Waals surface area contributed by atoms with E-state index in [1.54, 1.807) is 20.8 Å². The normalized spacial score (nSPS) is 12.8. The van der Waals surface area contributed by atoms with Gasteiger partial charge in [-0.1, -0.05) is 23.7 Å². The van der Waals surface area contributed by atoms with Crippen LogP contribution >= 0.6 is 11.6 Å². The molecular formula is C29H30ClNO4. The summed E-state index contributed by atoms with van der Waals surface area (Å²) in [4.78, 5) is 16.4. The van der Waals surface area contributed by atoms with Gasteiger partial charge in [0.15, 0.2) is 0 Å². The number of pyridine rings is 1. The molecule has 182 valence electrons. The Morgan fingerprint density at radius 1 is 1.09 bits per heavy atom. The number of aromatic nitrogens is 1. The molecule has 0 bridgehead atoms. The van der Waals surface area contributed by atoms with E-state index in [2.05, 4.69) is 0 Å². The Hall–Kier alpha value is -3.15. The first-order valence-corrected chi connectivity index (χ1v) is 12.0. The molecule has 1 aliphatic heterocycles. The first-order chi connectivity index (χ1) is 16.5. The van der Waals surface area contributed by atoms with Crippen LogP contribution in [0.15, 0.2) is 42.6 Å². The Balaban J connectivity index is 0.000000527. The zero-order chi connectivity index (χ0) is 25.5. The van der Waals surface area contributed by atoms with Crippen molar-refractivity contribution >= 4 is 39.2 Å². The molecule has 0 spiro atoms. The number of carboxylic acids is 1. The van der Waals surface area contributed by atoms with E-state index in [1.165, 1.54) is 5.56 Å². The first-order valence-electron chi connectivity index (χ1n) is 11.6. The van der Waals surface area contributed by atoms with E-state index >= 15 is 0 Å². The molecule has 0 fully saturated rings. The number of halogens is 1. The minimum atomic E-state index is -0.865. The van der Waals surface area contributed by atoms with Gasteiger partial charge in [0.2, 0.25) is 0 Å². The zero-order valence-electron chi connectivity index (χ0n) is 20.7. The summed E-state index contributed by atoms with van der Waals surface area (Å²) in [7, 11) is 0. The lowest BCUT2D eigenvalue weighted by molar-refractivity contribution is -0.136. The highest BCUT2D eigenvalue weighted by Gasteiger charge is 2.22. The molecule has 0 unspecified atom stereocenters. The quantitative estimate of drug-likeness (QED) is 0.335. The minimum Gasteiger partial charge on any atom is -0.493 e. The lowest BCUT2D eigenvalue weighted by atomic mass is 9.86. The number of nitrogens with zero attached hydrogens (tertiary/aromatic N) is 1. The maximum Gasteiger partial charge on any atom is 0.307 e. The molecule has 0 atom stereocenters. The maximum absolute atomic E-state index is 11.7. The summed E-state index contributed by atoms with van der Waals surface area (Å²) in [5.41, 5.74) is 6.01. The summed E-state index contributed by atoms with van der Waals surface area (Å²) < 4.78 is 5.87. The molecule has 2 heterocycles. The van der Waals surface area contributed by atoms with Crippen LogP contribution in [0.1, 0.15) is 43.0 Å². The Kier molecular flexibility index (Phi) is 6.76. The molecular weight excluding hydrogens is 462 g/mol. The Morgan fingerprint density at radius 3 is 2.49 bits per heavy atom. The number of ether oxygens (including phenoxy) is 1. The van der Waals surface area contributed by atoms with Crippen molar-refractivity contribution in [3.8, 4) is 16.9 Å². The van der Waals surface area contributed by atoms with Crippen molar-refractivity contribution in [1.29, 1.82) is 0 Å². The third-order valence-electron chi connectivity index (χ3n) is 5.95. The van der Waals surface area contributed by atoms with Gasteiger partial charge >= 0.3 is 5.97 Å². The van der Waals surface area contributed by atoms with Gasteiger partial charge in [0.05, 0.1) is 29.2 Å². The van der Waals surface area contributed by atoms with Crippen molar-refractivity contribution in [3.63, 3.8) is 0 Å². The second kappa shape index (κ2) is 9.48. The van der Waals surface area contributed by atoms with Crippen LogP contribution in [0.25, 0.3) is 32.8 Å². The number of aliphatic hydroxyl groups is 1. The molecule has 5 nitrogen and oxygen atoms in total. The van der Waals surface area contributed by atoms with E-state index in [4.69, 9.17) is 26.4 Å². The fraction of sp³-hybridized carbons (Fsp3) is 0.310. The van der Waals surface area contributed by atoms with Crippen molar-refractivity contribution in [3.05, 3.63) is 69.9 Å². The van der Waals surface area contributed by atoms with Crippen LogP contribution in [0, 0.1) is 13.8 Å². The molecule has 5 rings (SSSR count). The number of aryl methyl sites for hydroxylation is 2. The lowest BCUT2D eigenvalue weighted by Crippen LogP contribution is -2.10. The fourth-order valence-electron chi connectivity index (χ4n) is 4.51. The number of fused-ring (bicyclic) bond motifs is 1. The molecule has 1 aliphatic rings. The Labute approximate surface area is 210 Å². The monoisotopic (exact) mass is 491 g/mol. The van der Waals surface area contributed by atoms with Gasteiger partial charge in [-0.3, -0.25) is 9.78 Å². The highest BCUT2D eigenvalue weighted by molar-refractivity contribution is 6.37. The molecule has 6 heteroatoms. The van der Waals surface area contributed by atoms with Gasteiger partial charge in [-0.15, -0.1) is 0 Å². The van der Waals surface area contributed by atoms with Crippen LogP contribution in [-0.4, -0.2) is 33.4 Å². The average Bonchev–Trinajstić information content (AvgIpc) is 2.77. The van der Waals surface area contributed by atoms with E-state index < -0.39 is 11.6 Å². The van der Waals surface area contributed by atoms with Crippen molar-refractivity contribution in [2.75, 3.05) is 6.61 Å². The number of aliphatic carboxylic acids is 1. The third-order valence-corrected chi connectivity index (χ3v) is 6.45. The molecule has 3 aromatic carbocycles. The molecule has 0 aliphatic carbocycles. The van der Waals surface area contributed by atoms with Gasteiger partial charge in [-0.05, 0) is 92.1 Å². The predicted molar refractivity (Wildman–Crippen MR) is 142 cm³/mol. The summed E-state index contributed by atoms with van der Waals surface area (Å²) in [6.45, 7) is 9.80. The minimum absolute atomic E-state index is 0.0674. The smallest absolute Gasteiger partial charge is 0.307 e. The molecule has 1 aromatic heterocycles. The molecule has 0 radical (unpaired) electrons. The summed E-state index contributed by atoms with van der Waals surface area (Å²) in [6, 6.07) is 12.0. The number of hydrogen-bond donors (Lipinski definition) is 2. The second-order valence-corrected chi connectivity index (χ2v) is 10.4. The van der Waals surface area contributed by atoms with E-state index in [0.717, 1.165) is 61.7 Å². The third kappa shape index (κ3) is 5.12. The van der Waals surface area contributed by atoms with Gasteiger partial charge in [0.1, 0.15) is 5.75 Å². The summed E-state index contributed by atoms with van der Waals surface area (Å²) >= 11 is 6.66. The van der Waals surface area contributed by atoms with Crippen LogP contribution in [0.4, 0.5) is 0 Å². The number of carboxylic acid groups (broad SMARTS) is 1. The number of rotatable bonds is 3. The van der Waals surface area contributed by atoms with E-state index in [1.807, 2.05) is 56.4 Å². The van der Waals surface area contributed by atoms with Crippen molar-refractivity contribution in [2.24, 2.45) is 0 Å². The SMILES string of the molecule is CC(C)(C)O.Cc1cc2c(Cl)c(C)ccc2c(-c2ccc3c4c(ccnc24)CCO3)c1CC(=O)O. The molecule has 0 saturated heterocycles. The fourth-order valence-corrected chi connectivity index (χ4v) is 4.73. The van der Waals surface area contributed by atoms with Gasteiger partial charge in [0.25, 0.3) is 0 Å². The van der Waals surface area contributed by atoms with Crippen LogP contribution in [0.2, 0.25) is 5.02 Å². The van der Waals surface area contributed by atoms with E-state index in [0.29, 0.717) is 11.6 Å². The number of benzene rings is 3. The largest absolute Gasteiger partial charge is 0.493 e. The maximum atomic E-state index is 11.7. The summed E-state index contributed by atoms with van der Waals surface area (Å²) in [5.74, 6) is -0.0374. The summed E-state index contributed by atoms with van der Waals surface area (Å²) in [6.07, 6.45) is 2.58. The Morgan fingerprint density at radius 2 is 1.80 bits per heavy atom. The van der Waals surface area contributed by atoms with Crippen LogP contribution in [0.3, 0.4) is 0 Å². The molecule has 0 amide bonds. The highest BCUT2D eigenvalue weighted by Crippen LogP contribution is 2.43. The molecule has 0 saturated carbocycles. The Bertz CT molecular complexity index is 1440. The van der Waals surface area contributed by atoms with Gasteiger partial charge < -0.3 is 14.9 Å². The van der Waals surface area contributed by atoms with Gasteiger partial charge in [-0.2, -0.15) is 0 Å². The van der Waals surface area contributed by atoms with Crippen molar-refractivity contribution in [2.45, 2.75) is 53.1 Å². The van der Waals surface area contributed by atoms with Gasteiger partial charge in [0, 0.05) is 29.0 Å². The second-order valence-electron chi connectivity index (χ2n) is 9.98. The number of carbonyl (C=O) groups is 1. The summed E-state index contributed by atoms with van der Waals surface area (Å²) in [5, 5.41) is 21.7. The highest BCUT2D eigenvalue weighted by atomic mass is 35.5. The zero-order valence-corrected chi connectivity index (χ0v) is 21.5. The van der Waals surface area contributed by atoms with E-state index in [-0.39, 0.29) is 6.42 Å². The van der Waals surface area contributed by atoms with Crippen molar-refractivity contribution in [1.82, 2.24) is 4.98 Å². The number of hydrogen-bond acceptors (Lipinski definition) is 4. The van der Waals surface area contributed by atoms with Gasteiger partial charge in [-0.25, -0.2) is 0 Å². The van der Waals surface area contributed by atoms with E-state index in [9.17, 15) is 9.90 Å². The molecule has 4 aromatic rings. The molecule has 2 N–H and O–H groups in total. The topological polar surface area (TPSA) is 79.7 Å². The average molecular weight is 492 g/mol. The van der Waals surface area contributed by atoms with Crippen molar-refractivity contribution < 1.29 is 19.7 Å². The van der Waals surface area contributed by atoms with Crippen LogP contribution < -0.4 is 4.74 Å². The van der Waals surface area contributed by atoms with Crippen LogP contribution in [-0.2, 0) is 17.6 Å².